The standard InChI is InChI=1S/C23H25ClFNO5/c24-20-11-10-19(12-21(20)25)26(18-4-2-1-3-5-18)23(29)31-14-17-8-6-16(7-9-17)13-30-15-22(27)28/h1-5,10-12,16-17H,6-9,13-15H2,(H,27,28)/t16-,17-. The van der Waals surface area contributed by atoms with Gasteiger partial charge in [-0.2, -0.15) is 0 Å². The second kappa shape index (κ2) is 11.1. The Labute approximate surface area is 185 Å². The number of carbonyl (C=O) groups is 2. The number of halogens is 2. The van der Waals surface area contributed by atoms with Crippen molar-refractivity contribution in [1.29, 1.82) is 0 Å². The lowest BCUT2D eigenvalue weighted by molar-refractivity contribution is -0.142. The van der Waals surface area contributed by atoms with Gasteiger partial charge in [0.25, 0.3) is 0 Å². The molecule has 166 valence electrons. The van der Waals surface area contributed by atoms with Gasteiger partial charge in [0.05, 0.1) is 29.6 Å². The lowest BCUT2D eigenvalue weighted by atomic mass is 9.83. The first-order valence-electron chi connectivity index (χ1n) is 10.2. The van der Waals surface area contributed by atoms with Crippen molar-refractivity contribution in [2.45, 2.75) is 25.7 Å². The summed E-state index contributed by atoms with van der Waals surface area (Å²) in [6, 6.07) is 13.1. The molecule has 1 aliphatic carbocycles. The Hall–Kier alpha value is -2.64. The summed E-state index contributed by atoms with van der Waals surface area (Å²) in [7, 11) is 0. The van der Waals surface area contributed by atoms with Crippen LogP contribution in [0, 0.1) is 17.7 Å². The number of carboxylic acid groups (broad SMARTS) is 1. The van der Waals surface area contributed by atoms with E-state index in [0.717, 1.165) is 25.7 Å². The number of aliphatic carboxylic acids is 1. The molecule has 0 saturated heterocycles. The van der Waals surface area contributed by atoms with Crippen LogP contribution in [0.4, 0.5) is 20.6 Å². The summed E-state index contributed by atoms with van der Waals surface area (Å²) in [6.07, 6.45) is 2.95. The highest BCUT2D eigenvalue weighted by atomic mass is 35.5. The van der Waals surface area contributed by atoms with Gasteiger partial charge in [0.1, 0.15) is 12.4 Å². The molecule has 2 aromatic carbocycles. The number of hydrogen-bond acceptors (Lipinski definition) is 4. The van der Waals surface area contributed by atoms with Gasteiger partial charge in [-0.05, 0) is 67.9 Å². The first-order chi connectivity index (χ1) is 14.9. The number of anilines is 2. The van der Waals surface area contributed by atoms with Crippen LogP contribution in [0.15, 0.2) is 48.5 Å². The smallest absolute Gasteiger partial charge is 0.418 e. The molecule has 1 fully saturated rings. The van der Waals surface area contributed by atoms with E-state index in [-0.39, 0.29) is 24.2 Å². The van der Waals surface area contributed by atoms with E-state index in [4.69, 9.17) is 26.2 Å². The van der Waals surface area contributed by atoms with E-state index >= 15 is 0 Å². The number of rotatable bonds is 8. The summed E-state index contributed by atoms with van der Waals surface area (Å²) >= 11 is 5.78. The normalized spacial score (nSPS) is 18.4. The average Bonchev–Trinajstić information content (AvgIpc) is 2.76. The number of carbonyl (C=O) groups excluding carboxylic acids is 1. The Morgan fingerprint density at radius 2 is 1.65 bits per heavy atom. The molecule has 1 amide bonds. The largest absolute Gasteiger partial charge is 0.480 e. The molecule has 0 heterocycles. The summed E-state index contributed by atoms with van der Waals surface area (Å²) in [5, 5.41) is 8.62. The molecule has 1 saturated carbocycles. The number of carboxylic acids is 1. The van der Waals surface area contributed by atoms with E-state index in [9.17, 15) is 14.0 Å². The summed E-state index contributed by atoms with van der Waals surface area (Å²) in [5.41, 5.74) is 0.894. The maximum atomic E-state index is 14.0. The number of para-hydroxylation sites is 1. The summed E-state index contributed by atoms with van der Waals surface area (Å²) in [4.78, 5) is 24.8. The summed E-state index contributed by atoms with van der Waals surface area (Å²) in [5.74, 6) is -1.04. The van der Waals surface area contributed by atoms with Crippen molar-refractivity contribution in [3.63, 3.8) is 0 Å². The van der Waals surface area contributed by atoms with Crippen LogP contribution in [0.25, 0.3) is 0 Å². The molecule has 8 heteroatoms. The van der Waals surface area contributed by atoms with Gasteiger partial charge in [0.2, 0.25) is 0 Å². The maximum absolute atomic E-state index is 14.0. The van der Waals surface area contributed by atoms with Crippen LogP contribution in [0.1, 0.15) is 25.7 Å². The number of ether oxygens (including phenoxy) is 2. The first-order valence-corrected chi connectivity index (χ1v) is 10.6. The quantitative estimate of drug-likeness (QED) is 0.562. The summed E-state index contributed by atoms with van der Waals surface area (Å²) in [6.45, 7) is 0.418. The maximum Gasteiger partial charge on any atom is 0.418 e. The molecule has 1 aliphatic rings. The van der Waals surface area contributed by atoms with E-state index in [2.05, 4.69) is 0 Å². The van der Waals surface area contributed by atoms with Gasteiger partial charge in [-0.3, -0.25) is 0 Å². The van der Waals surface area contributed by atoms with Gasteiger partial charge in [-0.1, -0.05) is 29.8 Å². The second-order valence-electron chi connectivity index (χ2n) is 7.64. The predicted octanol–water partition coefficient (Wildman–Crippen LogP) is 5.66. The van der Waals surface area contributed by atoms with Crippen molar-refractivity contribution in [2.24, 2.45) is 11.8 Å². The van der Waals surface area contributed by atoms with Gasteiger partial charge in [-0.15, -0.1) is 0 Å². The molecule has 0 aliphatic heterocycles. The van der Waals surface area contributed by atoms with Crippen LogP contribution in [0.2, 0.25) is 5.02 Å². The summed E-state index contributed by atoms with van der Waals surface area (Å²) < 4.78 is 24.8. The van der Waals surface area contributed by atoms with E-state index in [0.29, 0.717) is 23.9 Å². The second-order valence-corrected chi connectivity index (χ2v) is 8.05. The van der Waals surface area contributed by atoms with Gasteiger partial charge >= 0.3 is 12.1 Å². The highest BCUT2D eigenvalue weighted by Gasteiger charge is 2.25. The van der Waals surface area contributed by atoms with Crippen molar-refractivity contribution in [2.75, 3.05) is 24.7 Å². The van der Waals surface area contributed by atoms with Crippen molar-refractivity contribution in [1.82, 2.24) is 0 Å². The molecule has 1 N–H and O–H groups in total. The topological polar surface area (TPSA) is 76.1 Å². The van der Waals surface area contributed by atoms with Gasteiger partial charge < -0.3 is 14.6 Å². The van der Waals surface area contributed by atoms with Crippen molar-refractivity contribution in [3.8, 4) is 0 Å². The van der Waals surface area contributed by atoms with Crippen LogP contribution < -0.4 is 4.90 Å². The Morgan fingerprint density at radius 1 is 1.00 bits per heavy atom. The Bertz CT molecular complexity index is 887. The fourth-order valence-electron chi connectivity index (χ4n) is 3.69. The molecule has 31 heavy (non-hydrogen) atoms. The zero-order chi connectivity index (χ0) is 22.2. The van der Waals surface area contributed by atoms with E-state index < -0.39 is 17.9 Å². The monoisotopic (exact) mass is 449 g/mol. The third-order valence-electron chi connectivity index (χ3n) is 5.35. The first kappa shape index (κ1) is 23.0. The van der Waals surface area contributed by atoms with Crippen LogP contribution in [-0.4, -0.2) is 37.0 Å². The van der Waals surface area contributed by atoms with Crippen LogP contribution in [0.3, 0.4) is 0 Å². The van der Waals surface area contributed by atoms with Crippen molar-refractivity contribution in [3.05, 3.63) is 59.4 Å². The van der Waals surface area contributed by atoms with E-state index in [1.54, 1.807) is 30.3 Å². The van der Waals surface area contributed by atoms with Crippen molar-refractivity contribution >= 4 is 35.0 Å². The number of hydrogen-bond donors (Lipinski definition) is 1. The number of benzene rings is 2. The zero-order valence-electron chi connectivity index (χ0n) is 17.0. The Balaban J connectivity index is 1.58. The average molecular weight is 450 g/mol. The van der Waals surface area contributed by atoms with Crippen LogP contribution in [-0.2, 0) is 14.3 Å². The highest BCUT2D eigenvalue weighted by Crippen LogP contribution is 2.31. The molecule has 0 unspecified atom stereocenters. The lowest BCUT2D eigenvalue weighted by Gasteiger charge is -2.29. The molecule has 0 radical (unpaired) electrons. The fraction of sp³-hybridized carbons (Fsp3) is 0.391. The molecule has 0 spiro atoms. The number of amides is 1. The number of nitrogens with zero attached hydrogens (tertiary/aromatic N) is 1. The molecular weight excluding hydrogens is 425 g/mol. The minimum Gasteiger partial charge on any atom is -0.480 e. The van der Waals surface area contributed by atoms with Crippen LogP contribution >= 0.6 is 11.6 Å². The van der Waals surface area contributed by atoms with Gasteiger partial charge in [0.15, 0.2) is 0 Å². The van der Waals surface area contributed by atoms with Crippen LogP contribution in [0.5, 0.6) is 0 Å². The SMILES string of the molecule is O=C(O)COC[C@H]1CC[C@H](COC(=O)N(c2ccccc2)c2ccc(Cl)c(F)c2)CC1. The van der Waals surface area contributed by atoms with E-state index in [1.165, 1.54) is 17.0 Å². The molecule has 6 nitrogen and oxygen atoms in total. The minimum atomic E-state index is -0.968. The molecular formula is C23H25ClFNO5. The lowest BCUT2D eigenvalue weighted by Crippen LogP contribution is -2.30. The fourth-order valence-corrected chi connectivity index (χ4v) is 3.81. The zero-order valence-corrected chi connectivity index (χ0v) is 17.8. The molecule has 3 rings (SSSR count). The third kappa shape index (κ3) is 6.67. The highest BCUT2D eigenvalue weighted by molar-refractivity contribution is 6.30. The molecule has 0 atom stereocenters. The predicted molar refractivity (Wildman–Crippen MR) is 115 cm³/mol. The van der Waals surface area contributed by atoms with E-state index in [1.807, 2.05) is 6.07 Å². The molecule has 2 aromatic rings. The Morgan fingerprint density at radius 3 is 2.26 bits per heavy atom. The minimum absolute atomic E-state index is 0.0192. The Kier molecular flexibility index (Phi) is 8.26. The third-order valence-corrected chi connectivity index (χ3v) is 5.65. The molecule has 0 bridgehead atoms. The van der Waals surface area contributed by atoms with Gasteiger partial charge in [0, 0.05) is 0 Å². The van der Waals surface area contributed by atoms with Crippen molar-refractivity contribution < 1.29 is 28.6 Å². The molecule has 0 aromatic heterocycles. The van der Waals surface area contributed by atoms with Gasteiger partial charge in [-0.25, -0.2) is 18.9 Å².